The van der Waals surface area contributed by atoms with Gasteiger partial charge in [0.1, 0.15) is 23.9 Å². The smallest absolute Gasteiger partial charge is 0.247 e. The maximum atomic E-state index is 14.0. The number of para-hydroxylation sites is 1. The summed E-state index contributed by atoms with van der Waals surface area (Å²) >= 11 is 0. The normalized spacial score (nSPS) is 14.7. The van der Waals surface area contributed by atoms with Crippen LogP contribution in [0.4, 0.5) is 0 Å². The molecular formula is C29H32N6O3. The molecule has 2 amide bonds. The van der Waals surface area contributed by atoms with Crippen molar-refractivity contribution in [3.63, 3.8) is 0 Å². The molecule has 38 heavy (non-hydrogen) atoms. The molecule has 9 nitrogen and oxygen atoms in total. The highest BCUT2D eigenvalue weighted by Gasteiger charge is 2.33. The van der Waals surface area contributed by atoms with Crippen LogP contribution in [0.5, 0.6) is 5.75 Å². The van der Waals surface area contributed by atoms with Crippen LogP contribution in [-0.4, -0.2) is 49.8 Å². The summed E-state index contributed by atoms with van der Waals surface area (Å²) in [7, 11) is 1.60. The number of carbonyl (C=O) groups excluding carboxylic acids is 2. The minimum absolute atomic E-state index is 0.0514. The summed E-state index contributed by atoms with van der Waals surface area (Å²) in [5, 5.41) is 11.6. The van der Waals surface area contributed by atoms with Gasteiger partial charge in [-0.2, -0.15) is 0 Å². The Hall–Kier alpha value is -4.27. The zero-order chi connectivity index (χ0) is 26.3. The fourth-order valence-corrected chi connectivity index (χ4v) is 5.05. The Morgan fingerprint density at radius 2 is 1.84 bits per heavy atom. The first kappa shape index (κ1) is 25.4. The molecule has 0 spiro atoms. The van der Waals surface area contributed by atoms with E-state index in [0.717, 1.165) is 36.8 Å². The largest absolute Gasteiger partial charge is 0.497 e. The van der Waals surface area contributed by atoms with Crippen LogP contribution >= 0.6 is 0 Å². The average molecular weight is 513 g/mol. The number of amides is 2. The summed E-state index contributed by atoms with van der Waals surface area (Å²) in [5.74, 6) is 0.242. The van der Waals surface area contributed by atoms with E-state index in [1.165, 1.54) is 6.42 Å². The summed E-state index contributed by atoms with van der Waals surface area (Å²) in [5.41, 5.74) is 3.00. The van der Waals surface area contributed by atoms with Crippen LogP contribution in [0.15, 0.2) is 73.1 Å². The van der Waals surface area contributed by atoms with E-state index in [0.29, 0.717) is 16.8 Å². The van der Waals surface area contributed by atoms with Crippen LogP contribution in [0.3, 0.4) is 0 Å². The lowest BCUT2D eigenvalue weighted by molar-refractivity contribution is -0.142. The highest BCUT2D eigenvalue weighted by atomic mass is 16.5. The SMILES string of the molecule is COc1ccc([C@@H](C(=O)NC2CCCCC2)N(Cc2cccnc2)C(=O)Cn2nnc3ccccc32)cc1. The van der Waals surface area contributed by atoms with E-state index in [9.17, 15) is 9.59 Å². The van der Waals surface area contributed by atoms with Gasteiger partial charge in [0, 0.05) is 25.0 Å². The molecule has 0 radical (unpaired) electrons. The van der Waals surface area contributed by atoms with Crippen molar-refractivity contribution < 1.29 is 14.3 Å². The lowest BCUT2D eigenvalue weighted by Crippen LogP contribution is -2.47. The van der Waals surface area contributed by atoms with Crippen molar-refractivity contribution >= 4 is 22.8 Å². The van der Waals surface area contributed by atoms with Crippen LogP contribution < -0.4 is 10.1 Å². The molecule has 1 atom stereocenters. The summed E-state index contributed by atoms with van der Waals surface area (Å²) in [6.07, 6.45) is 8.67. The minimum Gasteiger partial charge on any atom is -0.497 e. The van der Waals surface area contributed by atoms with Crippen LogP contribution in [0.1, 0.15) is 49.3 Å². The molecule has 0 bridgehead atoms. The second kappa shape index (κ2) is 11.9. The summed E-state index contributed by atoms with van der Waals surface area (Å²) in [6, 6.07) is 17.8. The zero-order valence-corrected chi connectivity index (χ0v) is 21.5. The second-order valence-electron chi connectivity index (χ2n) is 9.64. The van der Waals surface area contributed by atoms with Crippen molar-refractivity contribution in [3.05, 3.63) is 84.2 Å². The van der Waals surface area contributed by atoms with Gasteiger partial charge in [0.2, 0.25) is 11.8 Å². The van der Waals surface area contributed by atoms with Crippen LogP contribution in [0.2, 0.25) is 0 Å². The predicted molar refractivity (Wildman–Crippen MR) is 143 cm³/mol. The molecular weight excluding hydrogens is 480 g/mol. The number of ether oxygens (including phenoxy) is 1. The molecule has 0 aliphatic heterocycles. The standard InChI is InChI=1S/C29H32N6O3/c1-38-24-15-13-22(14-16-24)28(29(37)31-23-9-3-2-4-10-23)34(19-21-8-7-17-30-18-21)27(36)20-35-26-12-6-5-11-25(26)32-33-35/h5-8,11-18,23,28H,2-4,9-10,19-20H2,1H3,(H,31,37)/t28-/m0/s1. The number of hydrogen-bond donors (Lipinski definition) is 1. The summed E-state index contributed by atoms with van der Waals surface area (Å²) in [4.78, 5) is 33.8. The third-order valence-electron chi connectivity index (χ3n) is 7.04. The Morgan fingerprint density at radius 1 is 1.05 bits per heavy atom. The number of aromatic nitrogens is 4. The summed E-state index contributed by atoms with van der Waals surface area (Å²) < 4.78 is 6.92. The molecule has 2 heterocycles. The van der Waals surface area contributed by atoms with Gasteiger partial charge >= 0.3 is 0 Å². The molecule has 0 unspecified atom stereocenters. The number of fused-ring (bicyclic) bond motifs is 1. The molecule has 4 aromatic rings. The van der Waals surface area contributed by atoms with E-state index in [1.807, 2.05) is 60.7 Å². The van der Waals surface area contributed by atoms with Gasteiger partial charge in [-0.15, -0.1) is 5.10 Å². The van der Waals surface area contributed by atoms with Crippen LogP contribution in [-0.2, 0) is 22.7 Å². The molecule has 196 valence electrons. The number of nitrogens with one attached hydrogen (secondary N) is 1. The van der Waals surface area contributed by atoms with Gasteiger partial charge in [-0.1, -0.05) is 54.8 Å². The molecule has 2 aromatic carbocycles. The van der Waals surface area contributed by atoms with E-state index >= 15 is 0 Å². The number of nitrogens with zero attached hydrogens (tertiary/aromatic N) is 5. The molecule has 0 saturated heterocycles. The van der Waals surface area contributed by atoms with E-state index in [2.05, 4.69) is 20.6 Å². The first-order chi connectivity index (χ1) is 18.6. The number of benzene rings is 2. The van der Waals surface area contributed by atoms with Crippen LogP contribution in [0, 0.1) is 0 Å². The number of hydrogen-bond acceptors (Lipinski definition) is 6. The molecule has 1 aliphatic carbocycles. The highest BCUT2D eigenvalue weighted by molar-refractivity contribution is 5.89. The Bertz CT molecular complexity index is 1370. The third-order valence-corrected chi connectivity index (χ3v) is 7.04. The minimum atomic E-state index is -0.842. The first-order valence-electron chi connectivity index (χ1n) is 13.0. The van der Waals surface area contributed by atoms with E-state index in [1.54, 1.807) is 29.1 Å². The lowest BCUT2D eigenvalue weighted by Gasteiger charge is -2.33. The maximum absolute atomic E-state index is 14.0. The van der Waals surface area contributed by atoms with Crippen molar-refractivity contribution in [2.24, 2.45) is 0 Å². The highest BCUT2D eigenvalue weighted by Crippen LogP contribution is 2.28. The lowest BCUT2D eigenvalue weighted by atomic mass is 9.94. The molecule has 9 heteroatoms. The predicted octanol–water partition coefficient (Wildman–Crippen LogP) is 4.05. The summed E-state index contributed by atoms with van der Waals surface area (Å²) in [6.45, 7) is 0.165. The van der Waals surface area contributed by atoms with Gasteiger partial charge in [-0.05, 0) is 54.3 Å². The number of rotatable bonds is 9. The van der Waals surface area contributed by atoms with Crippen molar-refractivity contribution in [2.45, 2.75) is 57.3 Å². The van der Waals surface area contributed by atoms with Gasteiger partial charge in [-0.25, -0.2) is 4.68 Å². The number of pyridine rings is 1. The van der Waals surface area contributed by atoms with E-state index in [4.69, 9.17) is 4.74 Å². The number of methoxy groups -OCH3 is 1. The monoisotopic (exact) mass is 512 g/mol. The Balaban J connectivity index is 1.51. The van der Waals surface area contributed by atoms with Gasteiger partial charge in [0.25, 0.3) is 0 Å². The molecule has 1 N–H and O–H groups in total. The van der Waals surface area contributed by atoms with Gasteiger partial charge in [0.15, 0.2) is 0 Å². The zero-order valence-electron chi connectivity index (χ0n) is 21.5. The number of carbonyl (C=O) groups is 2. The third kappa shape index (κ3) is 5.82. The van der Waals surface area contributed by atoms with Gasteiger partial charge < -0.3 is 15.0 Å². The van der Waals surface area contributed by atoms with Gasteiger partial charge in [0.05, 0.1) is 12.6 Å². The quantitative estimate of drug-likeness (QED) is 0.363. The molecule has 1 fully saturated rings. The fraction of sp³-hybridized carbons (Fsp3) is 0.345. The Morgan fingerprint density at radius 3 is 2.58 bits per heavy atom. The fourth-order valence-electron chi connectivity index (χ4n) is 5.05. The first-order valence-corrected chi connectivity index (χ1v) is 13.0. The van der Waals surface area contributed by atoms with Crippen molar-refractivity contribution in [1.29, 1.82) is 0 Å². The molecule has 5 rings (SSSR count). The van der Waals surface area contributed by atoms with E-state index in [-0.39, 0.29) is 30.9 Å². The van der Waals surface area contributed by atoms with Crippen LogP contribution in [0.25, 0.3) is 11.0 Å². The van der Waals surface area contributed by atoms with Crippen molar-refractivity contribution in [1.82, 2.24) is 30.2 Å². The molecule has 2 aromatic heterocycles. The van der Waals surface area contributed by atoms with E-state index < -0.39 is 6.04 Å². The average Bonchev–Trinajstić information content (AvgIpc) is 3.36. The second-order valence-corrected chi connectivity index (χ2v) is 9.64. The van der Waals surface area contributed by atoms with Crippen molar-refractivity contribution in [3.8, 4) is 5.75 Å². The topological polar surface area (TPSA) is 102 Å². The maximum Gasteiger partial charge on any atom is 0.247 e. The molecule has 1 saturated carbocycles. The molecule has 1 aliphatic rings. The Labute approximate surface area is 221 Å². The Kier molecular flexibility index (Phi) is 7.92. The van der Waals surface area contributed by atoms with Gasteiger partial charge in [-0.3, -0.25) is 14.6 Å². The van der Waals surface area contributed by atoms with Crippen molar-refractivity contribution in [2.75, 3.05) is 7.11 Å².